The number of nitrogens with one attached hydrogen (secondary N) is 2. The van der Waals surface area contributed by atoms with Gasteiger partial charge in [0.05, 0.1) is 6.42 Å². The fourth-order valence-corrected chi connectivity index (χ4v) is 1.92. The number of amides is 1. The lowest BCUT2D eigenvalue weighted by molar-refractivity contribution is -0.115. The van der Waals surface area contributed by atoms with Gasteiger partial charge in [-0.2, -0.15) is 0 Å². The van der Waals surface area contributed by atoms with Gasteiger partial charge in [-0.05, 0) is 17.7 Å². The van der Waals surface area contributed by atoms with Crippen molar-refractivity contribution < 1.29 is 4.79 Å². The van der Waals surface area contributed by atoms with Crippen LogP contribution in [0.25, 0.3) is 11.4 Å². The van der Waals surface area contributed by atoms with E-state index in [1.165, 1.54) is 0 Å². The molecule has 1 aromatic carbocycles. The smallest absolute Gasteiger partial charge is 0.231 e. The predicted molar refractivity (Wildman–Crippen MR) is 78.4 cm³/mol. The standard InChI is InChI=1S/C15H13N5O/c21-13(10-11-4-2-1-3-5-11)17-15-18-14(19-20-15)12-6-8-16-9-7-12/h1-9H,10H2,(H2,17,18,19,20,21). The van der Waals surface area contributed by atoms with Crippen LogP contribution in [0.5, 0.6) is 0 Å². The highest BCUT2D eigenvalue weighted by molar-refractivity contribution is 5.90. The highest BCUT2D eigenvalue weighted by Crippen LogP contribution is 2.14. The maximum atomic E-state index is 11.9. The lowest BCUT2D eigenvalue weighted by Gasteiger charge is -2.01. The Balaban J connectivity index is 1.66. The minimum atomic E-state index is -0.140. The topological polar surface area (TPSA) is 83.6 Å². The van der Waals surface area contributed by atoms with Gasteiger partial charge in [0.15, 0.2) is 5.82 Å². The monoisotopic (exact) mass is 279 g/mol. The summed E-state index contributed by atoms with van der Waals surface area (Å²) in [5.41, 5.74) is 1.81. The molecule has 2 aromatic heterocycles. The van der Waals surface area contributed by atoms with Gasteiger partial charge in [-0.1, -0.05) is 30.3 Å². The summed E-state index contributed by atoms with van der Waals surface area (Å²) in [6, 6.07) is 13.2. The first-order chi connectivity index (χ1) is 10.3. The Bertz CT molecular complexity index is 724. The van der Waals surface area contributed by atoms with Crippen molar-refractivity contribution in [3.63, 3.8) is 0 Å². The van der Waals surface area contributed by atoms with E-state index >= 15 is 0 Å². The van der Waals surface area contributed by atoms with E-state index in [-0.39, 0.29) is 5.91 Å². The van der Waals surface area contributed by atoms with Crippen molar-refractivity contribution in [1.29, 1.82) is 0 Å². The number of pyridine rings is 1. The average Bonchev–Trinajstić information content (AvgIpc) is 2.97. The molecule has 1 amide bonds. The highest BCUT2D eigenvalue weighted by atomic mass is 16.1. The zero-order valence-corrected chi connectivity index (χ0v) is 11.2. The highest BCUT2D eigenvalue weighted by Gasteiger charge is 2.08. The number of rotatable bonds is 4. The Labute approximate surface area is 121 Å². The van der Waals surface area contributed by atoms with Crippen LogP contribution in [0.3, 0.4) is 0 Å². The second-order valence-corrected chi connectivity index (χ2v) is 4.47. The van der Waals surface area contributed by atoms with Gasteiger partial charge in [-0.15, -0.1) is 10.2 Å². The lowest BCUT2D eigenvalue weighted by atomic mass is 10.1. The summed E-state index contributed by atoms with van der Waals surface area (Å²) in [6.45, 7) is 0. The van der Waals surface area contributed by atoms with E-state index in [0.29, 0.717) is 18.2 Å². The second-order valence-electron chi connectivity index (χ2n) is 4.47. The Hall–Kier alpha value is -3.02. The third-order valence-electron chi connectivity index (χ3n) is 2.91. The van der Waals surface area contributed by atoms with Crippen LogP contribution in [0, 0.1) is 0 Å². The molecule has 0 aliphatic carbocycles. The molecular formula is C15H13N5O. The number of hydrogen-bond donors (Lipinski definition) is 2. The largest absolute Gasteiger partial charge is 0.307 e. The van der Waals surface area contributed by atoms with E-state index in [2.05, 4.69) is 25.5 Å². The number of carbonyl (C=O) groups is 1. The number of H-pyrrole nitrogens is 1. The Kier molecular flexibility index (Phi) is 3.68. The molecule has 104 valence electrons. The third kappa shape index (κ3) is 3.30. The first-order valence-corrected chi connectivity index (χ1v) is 6.48. The molecular weight excluding hydrogens is 266 g/mol. The molecule has 3 rings (SSSR count). The maximum Gasteiger partial charge on any atom is 0.231 e. The van der Waals surface area contributed by atoms with Crippen LogP contribution in [0.4, 0.5) is 5.95 Å². The summed E-state index contributed by atoms with van der Waals surface area (Å²) in [6.07, 6.45) is 3.64. The summed E-state index contributed by atoms with van der Waals surface area (Å²) < 4.78 is 0. The molecule has 0 saturated heterocycles. The van der Waals surface area contributed by atoms with Crippen LogP contribution < -0.4 is 5.32 Å². The number of aromatic nitrogens is 4. The fourth-order valence-electron chi connectivity index (χ4n) is 1.92. The number of aromatic amines is 1. The van der Waals surface area contributed by atoms with Crippen LogP contribution in [0.15, 0.2) is 54.9 Å². The lowest BCUT2D eigenvalue weighted by Crippen LogP contribution is -2.15. The van der Waals surface area contributed by atoms with Gasteiger partial charge < -0.3 is 4.98 Å². The molecule has 21 heavy (non-hydrogen) atoms. The average molecular weight is 279 g/mol. The molecule has 2 N–H and O–H groups in total. The van der Waals surface area contributed by atoms with Crippen LogP contribution in [-0.4, -0.2) is 26.1 Å². The van der Waals surface area contributed by atoms with Crippen LogP contribution in [0.1, 0.15) is 5.56 Å². The van der Waals surface area contributed by atoms with Crippen molar-refractivity contribution in [1.82, 2.24) is 20.2 Å². The molecule has 6 nitrogen and oxygen atoms in total. The first-order valence-electron chi connectivity index (χ1n) is 6.48. The van der Waals surface area contributed by atoms with Crippen molar-refractivity contribution in [2.45, 2.75) is 6.42 Å². The van der Waals surface area contributed by atoms with Crippen molar-refractivity contribution in [2.75, 3.05) is 5.32 Å². The van der Waals surface area contributed by atoms with E-state index in [1.54, 1.807) is 12.4 Å². The molecule has 0 fully saturated rings. The van der Waals surface area contributed by atoms with Crippen molar-refractivity contribution in [2.24, 2.45) is 0 Å². The van der Waals surface area contributed by atoms with E-state index in [1.807, 2.05) is 42.5 Å². The summed E-state index contributed by atoms with van der Waals surface area (Å²) in [4.78, 5) is 18.8. The van der Waals surface area contributed by atoms with E-state index < -0.39 is 0 Å². The van der Waals surface area contributed by atoms with Gasteiger partial charge in [0.25, 0.3) is 0 Å². The minimum Gasteiger partial charge on any atom is -0.307 e. The molecule has 0 spiro atoms. The Morgan fingerprint density at radius 1 is 1.05 bits per heavy atom. The Morgan fingerprint density at radius 2 is 1.81 bits per heavy atom. The van der Waals surface area contributed by atoms with Gasteiger partial charge in [0.2, 0.25) is 11.9 Å². The summed E-state index contributed by atoms with van der Waals surface area (Å²) in [5.74, 6) is 0.786. The SMILES string of the molecule is O=C(Cc1ccccc1)Nc1nnc(-c2ccncc2)[nH]1. The van der Waals surface area contributed by atoms with E-state index in [0.717, 1.165) is 11.1 Å². The first kappa shape index (κ1) is 13.0. The molecule has 0 unspecified atom stereocenters. The summed E-state index contributed by atoms with van der Waals surface area (Å²) >= 11 is 0. The molecule has 0 radical (unpaired) electrons. The van der Waals surface area contributed by atoms with E-state index in [9.17, 15) is 4.79 Å². The van der Waals surface area contributed by atoms with Crippen molar-refractivity contribution in [3.8, 4) is 11.4 Å². The maximum absolute atomic E-state index is 11.9. The predicted octanol–water partition coefficient (Wildman–Crippen LogP) is 2.05. The molecule has 3 aromatic rings. The Morgan fingerprint density at radius 3 is 2.57 bits per heavy atom. The van der Waals surface area contributed by atoms with Crippen LogP contribution >= 0.6 is 0 Å². The third-order valence-corrected chi connectivity index (χ3v) is 2.91. The van der Waals surface area contributed by atoms with Gasteiger partial charge in [0.1, 0.15) is 0 Å². The van der Waals surface area contributed by atoms with Gasteiger partial charge >= 0.3 is 0 Å². The van der Waals surface area contributed by atoms with Crippen LogP contribution in [0.2, 0.25) is 0 Å². The molecule has 6 heteroatoms. The normalized spacial score (nSPS) is 10.3. The van der Waals surface area contributed by atoms with Gasteiger partial charge in [-0.25, -0.2) is 0 Å². The number of anilines is 1. The molecule has 0 aliphatic heterocycles. The molecule has 0 saturated carbocycles. The number of carbonyl (C=O) groups excluding carboxylic acids is 1. The number of hydrogen-bond acceptors (Lipinski definition) is 4. The van der Waals surface area contributed by atoms with Gasteiger partial charge in [0, 0.05) is 18.0 Å². The zero-order chi connectivity index (χ0) is 14.5. The summed E-state index contributed by atoms with van der Waals surface area (Å²) in [5, 5.41) is 10.6. The van der Waals surface area contributed by atoms with Crippen molar-refractivity contribution in [3.05, 3.63) is 60.4 Å². The molecule has 2 heterocycles. The van der Waals surface area contributed by atoms with E-state index in [4.69, 9.17) is 0 Å². The summed E-state index contributed by atoms with van der Waals surface area (Å²) in [7, 11) is 0. The number of benzene rings is 1. The van der Waals surface area contributed by atoms with Gasteiger partial charge in [-0.3, -0.25) is 15.1 Å². The quantitative estimate of drug-likeness (QED) is 0.765. The second kappa shape index (κ2) is 5.96. The molecule has 0 atom stereocenters. The minimum absolute atomic E-state index is 0.140. The van der Waals surface area contributed by atoms with Crippen LogP contribution in [-0.2, 0) is 11.2 Å². The molecule has 0 aliphatic rings. The number of nitrogens with zero attached hydrogens (tertiary/aromatic N) is 3. The zero-order valence-electron chi connectivity index (χ0n) is 11.2. The molecule has 0 bridgehead atoms. The van der Waals surface area contributed by atoms with Crippen molar-refractivity contribution >= 4 is 11.9 Å². The fraction of sp³-hybridized carbons (Fsp3) is 0.0667.